The van der Waals surface area contributed by atoms with Crippen molar-refractivity contribution in [2.75, 3.05) is 13.2 Å². The van der Waals surface area contributed by atoms with E-state index in [2.05, 4.69) is 41.5 Å². The molecule has 1 N–H and O–H groups in total. The standard InChI is InChI=1S/C16H34O3/c1-11(2)14(5)15(6)16(7,8)19-13(4)10-18-12(3)9-17/h11-15,17H,9-10H2,1-8H3. The highest BCUT2D eigenvalue weighted by atomic mass is 16.6. The van der Waals surface area contributed by atoms with Crippen LogP contribution in [0.15, 0.2) is 0 Å². The van der Waals surface area contributed by atoms with Gasteiger partial charge in [0.1, 0.15) is 0 Å². The van der Waals surface area contributed by atoms with Crippen LogP contribution in [-0.4, -0.2) is 36.1 Å². The van der Waals surface area contributed by atoms with Crippen molar-refractivity contribution in [1.29, 1.82) is 0 Å². The van der Waals surface area contributed by atoms with Gasteiger partial charge in [-0.2, -0.15) is 0 Å². The summed E-state index contributed by atoms with van der Waals surface area (Å²) in [6.07, 6.45) is -0.0908. The van der Waals surface area contributed by atoms with Gasteiger partial charge in [-0.1, -0.05) is 27.7 Å². The van der Waals surface area contributed by atoms with E-state index in [1.54, 1.807) is 0 Å². The minimum atomic E-state index is -0.172. The third-order valence-corrected chi connectivity index (χ3v) is 4.31. The van der Waals surface area contributed by atoms with Crippen LogP contribution in [0, 0.1) is 17.8 Å². The third kappa shape index (κ3) is 6.73. The Morgan fingerprint density at radius 2 is 1.47 bits per heavy atom. The first-order valence-corrected chi connectivity index (χ1v) is 7.52. The maximum Gasteiger partial charge on any atom is 0.0788 e. The lowest BCUT2D eigenvalue weighted by Gasteiger charge is -2.39. The summed E-state index contributed by atoms with van der Waals surface area (Å²) in [5, 5.41) is 8.94. The zero-order valence-corrected chi connectivity index (χ0v) is 14.1. The van der Waals surface area contributed by atoms with Gasteiger partial charge < -0.3 is 14.6 Å². The van der Waals surface area contributed by atoms with Crippen LogP contribution in [0.3, 0.4) is 0 Å². The van der Waals surface area contributed by atoms with Crippen LogP contribution in [-0.2, 0) is 9.47 Å². The zero-order chi connectivity index (χ0) is 15.2. The molecule has 0 bridgehead atoms. The van der Waals surface area contributed by atoms with E-state index in [-0.39, 0.29) is 24.4 Å². The second kappa shape index (κ2) is 8.23. The molecule has 0 aromatic heterocycles. The Hall–Kier alpha value is -0.120. The molecule has 4 atom stereocenters. The van der Waals surface area contributed by atoms with Crippen molar-refractivity contribution >= 4 is 0 Å². The number of ether oxygens (including phenoxy) is 2. The summed E-state index contributed by atoms with van der Waals surface area (Å²) < 4.78 is 11.7. The van der Waals surface area contributed by atoms with E-state index in [0.717, 1.165) is 0 Å². The Labute approximate surface area is 119 Å². The Morgan fingerprint density at radius 3 is 1.89 bits per heavy atom. The monoisotopic (exact) mass is 274 g/mol. The van der Waals surface area contributed by atoms with Gasteiger partial charge in [-0.25, -0.2) is 0 Å². The lowest BCUT2D eigenvalue weighted by atomic mass is 9.77. The minimum Gasteiger partial charge on any atom is -0.394 e. The first-order valence-electron chi connectivity index (χ1n) is 7.52. The highest BCUT2D eigenvalue weighted by Crippen LogP contribution is 2.32. The van der Waals surface area contributed by atoms with Crippen LogP contribution in [0.4, 0.5) is 0 Å². The first kappa shape index (κ1) is 18.9. The summed E-state index contributed by atoms with van der Waals surface area (Å²) in [7, 11) is 0. The number of hydrogen-bond acceptors (Lipinski definition) is 3. The van der Waals surface area contributed by atoms with Crippen LogP contribution < -0.4 is 0 Å². The Morgan fingerprint density at radius 1 is 0.947 bits per heavy atom. The fourth-order valence-corrected chi connectivity index (χ4v) is 2.22. The molecular weight excluding hydrogens is 240 g/mol. The van der Waals surface area contributed by atoms with Gasteiger partial charge in [-0.05, 0) is 45.4 Å². The van der Waals surface area contributed by atoms with Crippen molar-refractivity contribution < 1.29 is 14.6 Å². The summed E-state index contributed by atoms with van der Waals surface area (Å²) in [5.74, 6) is 1.74. The second-order valence-corrected chi connectivity index (χ2v) is 6.75. The van der Waals surface area contributed by atoms with Crippen molar-refractivity contribution in [3.8, 4) is 0 Å². The molecule has 3 nitrogen and oxygen atoms in total. The SMILES string of the molecule is CC(CO)OCC(C)OC(C)(C)C(C)C(C)C(C)C. The Balaban J connectivity index is 4.34. The molecule has 0 aliphatic rings. The summed E-state index contributed by atoms with van der Waals surface area (Å²) >= 11 is 0. The van der Waals surface area contributed by atoms with E-state index in [1.165, 1.54) is 0 Å². The van der Waals surface area contributed by atoms with Crippen LogP contribution in [0.25, 0.3) is 0 Å². The number of hydrogen-bond donors (Lipinski definition) is 1. The first-order chi connectivity index (χ1) is 8.61. The summed E-state index contributed by atoms with van der Waals surface area (Å²) in [5.41, 5.74) is -0.172. The Bertz CT molecular complexity index is 238. The molecule has 0 spiro atoms. The molecule has 0 radical (unpaired) electrons. The molecule has 0 rings (SSSR count). The lowest BCUT2D eigenvalue weighted by Crippen LogP contribution is -2.41. The summed E-state index contributed by atoms with van der Waals surface area (Å²) in [6, 6.07) is 0. The van der Waals surface area contributed by atoms with Crippen LogP contribution >= 0.6 is 0 Å². The van der Waals surface area contributed by atoms with E-state index in [9.17, 15) is 0 Å². The molecule has 0 fully saturated rings. The number of rotatable bonds is 9. The van der Waals surface area contributed by atoms with Crippen molar-refractivity contribution in [2.45, 2.75) is 73.2 Å². The van der Waals surface area contributed by atoms with E-state index in [4.69, 9.17) is 14.6 Å². The molecule has 0 heterocycles. The molecule has 3 heteroatoms. The molecule has 0 saturated carbocycles. The maximum atomic E-state index is 8.94. The van der Waals surface area contributed by atoms with E-state index >= 15 is 0 Å². The topological polar surface area (TPSA) is 38.7 Å². The molecule has 0 aromatic carbocycles. The maximum absolute atomic E-state index is 8.94. The van der Waals surface area contributed by atoms with E-state index in [0.29, 0.717) is 24.4 Å². The second-order valence-electron chi connectivity index (χ2n) is 6.75. The van der Waals surface area contributed by atoms with Crippen LogP contribution in [0.5, 0.6) is 0 Å². The molecule has 19 heavy (non-hydrogen) atoms. The lowest BCUT2D eigenvalue weighted by molar-refractivity contribution is -0.138. The van der Waals surface area contributed by atoms with Gasteiger partial charge in [0.2, 0.25) is 0 Å². The largest absolute Gasteiger partial charge is 0.394 e. The van der Waals surface area contributed by atoms with Gasteiger partial charge in [0.25, 0.3) is 0 Å². The molecule has 4 unspecified atom stereocenters. The highest BCUT2D eigenvalue weighted by molar-refractivity contribution is 4.82. The molecular formula is C16H34O3. The zero-order valence-electron chi connectivity index (χ0n) is 14.1. The van der Waals surface area contributed by atoms with Gasteiger partial charge >= 0.3 is 0 Å². The minimum absolute atomic E-state index is 0.0332. The molecule has 0 saturated heterocycles. The van der Waals surface area contributed by atoms with Gasteiger partial charge in [0.05, 0.1) is 31.0 Å². The van der Waals surface area contributed by atoms with Crippen LogP contribution in [0.1, 0.15) is 55.4 Å². The third-order valence-electron chi connectivity index (χ3n) is 4.31. The van der Waals surface area contributed by atoms with E-state index < -0.39 is 0 Å². The molecule has 116 valence electrons. The van der Waals surface area contributed by atoms with Crippen molar-refractivity contribution in [2.24, 2.45) is 17.8 Å². The normalized spacial score (nSPS) is 19.3. The fraction of sp³-hybridized carbons (Fsp3) is 1.00. The molecule has 0 aliphatic carbocycles. The smallest absolute Gasteiger partial charge is 0.0788 e. The van der Waals surface area contributed by atoms with Gasteiger partial charge in [-0.3, -0.25) is 0 Å². The summed E-state index contributed by atoms with van der Waals surface area (Å²) in [6.45, 7) is 17.8. The van der Waals surface area contributed by atoms with Crippen LogP contribution in [0.2, 0.25) is 0 Å². The quantitative estimate of drug-likeness (QED) is 0.699. The molecule has 0 aliphatic heterocycles. The number of aliphatic hydroxyl groups excluding tert-OH is 1. The Kier molecular flexibility index (Phi) is 8.18. The molecule has 0 aromatic rings. The van der Waals surface area contributed by atoms with E-state index in [1.807, 2.05) is 13.8 Å². The highest BCUT2D eigenvalue weighted by Gasteiger charge is 2.33. The average molecular weight is 274 g/mol. The fourth-order valence-electron chi connectivity index (χ4n) is 2.22. The predicted octanol–water partition coefficient (Wildman–Crippen LogP) is 3.50. The summed E-state index contributed by atoms with van der Waals surface area (Å²) in [4.78, 5) is 0. The van der Waals surface area contributed by atoms with Gasteiger partial charge in [-0.15, -0.1) is 0 Å². The predicted molar refractivity (Wildman–Crippen MR) is 80.3 cm³/mol. The van der Waals surface area contributed by atoms with Crippen molar-refractivity contribution in [3.05, 3.63) is 0 Å². The van der Waals surface area contributed by atoms with Gasteiger partial charge in [0, 0.05) is 0 Å². The molecule has 0 amide bonds. The number of aliphatic hydroxyl groups is 1. The van der Waals surface area contributed by atoms with Gasteiger partial charge in [0.15, 0.2) is 0 Å². The average Bonchev–Trinajstić information content (AvgIpc) is 2.33. The van der Waals surface area contributed by atoms with Crippen molar-refractivity contribution in [1.82, 2.24) is 0 Å². The van der Waals surface area contributed by atoms with Crippen molar-refractivity contribution in [3.63, 3.8) is 0 Å².